The molecule has 1 fully saturated rings. The number of anilines is 2. The Morgan fingerprint density at radius 3 is 2.75 bits per heavy atom. The summed E-state index contributed by atoms with van der Waals surface area (Å²) < 4.78 is 0. The van der Waals surface area contributed by atoms with E-state index in [0.717, 1.165) is 13.0 Å². The minimum Gasteiger partial charge on any atom is -0.348 e. The van der Waals surface area contributed by atoms with Crippen LogP contribution in [-0.4, -0.2) is 22.5 Å². The third-order valence-corrected chi connectivity index (χ3v) is 4.07. The first-order valence-corrected chi connectivity index (χ1v) is 6.82. The fourth-order valence-electron chi connectivity index (χ4n) is 2.87. The van der Waals surface area contributed by atoms with Crippen LogP contribution in [0.5, 0.6) is 0 Å². The fourth-order valence-corrected chi connectivity index (χ4v) is 2.87. The maximum atomic E-state index is 11.2. The van der Waals surface area contributed by atoms with Crippen molar-refractivity contribution in [3.05, 3.63) is 22.2 Å². The minimum atomic E-state index is -0.390. The zero-order valence-corrected chi connectivity index (χ0v) is 12.0. The summed E-state index contributed by atoms with van der Waals surface area (Å²) in [6, 6.07) is 3.18. The average molecular weight is 279 g/mol. The van der Waals surface area contributed by atoms with Crippen LogP contribution in [0.25, 0.3) is 0 Å². The van der Waals surface area contributed by atoms with Gasteiger partial charge in [-0.05, 0) is 31.2 Å². The molecule has 1 aliphatic heterocycles. The third kappa shape index (κ3) is 2.67. The summed E-state index contributed by atoms with van der Waals surface area (Å²) in [5.74, 6) is 7.15. The van der Waals surface area contributed by atoms with Gasteiger partial charge >= 0.3 is 5.69 Å². The number of hydrazine groups is 1. The molecule has 0 amide bonds. The molecule has 1 aromatic heterocycles. The molecule has 0 bridgehead atoms. The molecule has 7 heteroatoms. The molecule has 7 nitrogen and oxygen atoms in total. The molecule has 0 aromatic carbocycles. The number of hydrogen-bond donors (Lipinski definition) is 2. The Morgan fingerprint density at radius 2 is 2.15 bits per heavy atom. The Labute approximate surface area is 118 Å². The Balaban J connectivity index is 2.45. The largest absolute Gasteiger partial charge is 0.348 e. The van der Waals surface area contributed by atoms with Gasteiger partial charge in [0.25, 0.3) is 0 Å². The maximum absolute atomic E-state index is 11.2. The van der Waals surface area contributed by atoms with Crippen molar-refractivity contribution in [2.24, 2.45) is 17.7 Å². The highest BCUT2D eigenvalue weighted by molar-refractivity contribution is 5.62. The van der Waals surface area contributed by atoms with Crippen LogP contribution in [0.4, 0.5) is 17.3 Å². The highest BCUT2D eigenvalue weighted by atomic mass is 16.6. The second kappa shape index (κ2) is 5.62. The minimum absolute atomic E-state index is 0.0251. The third-order valence-electron chi connectivity index (χ3n) is 4.07. The lowest BCUT2D eigenvalue weighted by molar-refractivity contribution is -0.384. The molecule has 0 aliphatic carbocycles. The number of nitrogen functional groups attached to an aromatic ring is 1. The van der Waals surface area contributed by atoms with Crippen LogP contribution in [-0.2, 0) is 0 Å². The highest BCUT2D eigenvalue weighted by Gasteiger charge is 2.33. The normalized spacial score (nSPS) is 26.4. The molecule has 110 valence electrons. The van der Waals surface area contributed by atoms with Crippen molar-refractivity contribution in [1.29, 1.82) is 0 Å². The quantitative estimate of drug-likeness (QED) is 0.500. The first-order chi connectivity index (χ1) is 9.43. The summed E-state index contributed by atoms with van der Waals surface area (Å²) in [5, 5.41) is 11.2. The molecule has 0 saturated carbocycles. The van der Waals surface area contributed by atoms with E-state index in [1.807, 2.05) is 4.90 Å². The number of nitro groups is 1. The number of rotatable bonds is 3. The first-order valence-electron chi connectivity index (χ1n) is 6.82. The summed E-state index contributed by atoms with van der Waals surface area (Å²) in [7, 11) is 0. The van der Waals surface area contributed by atoms with Gasteiger partial charge in [-0.1, -0.05) is 13.8 Å². The molecule has 3 unspecified atom stereocenters. The molecular weight excluding hydrogens is 258 g/mol. The molecule has 2 rings (SSSR count). The van der Waals surface area contributed by atoms with Gasteiger partial charge in [0, 0.05) is 18.7 Å². The van der Waals surface area contributed by atoms with Crippen molar-refractivity contribution in [2.75, 3.05) is 16.9 Å². The van der Waals surface area contributed by atoms with E-state index in [2.05, 4.69) is 31.2 Å². The summed E-state index contributed by atoms with van der Waals surface area (Å²) in [5.41, 5.74) is 2.47. The number of piperidine rings is 1. The standard InChI is InChI=1S/C13H21N5O2/c1-8-6-9(2)10(3)17(7-8)13-11(18(19)20)4-5-12(15-13)16-14/h4-5,8-10H,6-7,14H2,1-3H3,(H,15,16). The predicted octanol–water partition coefficient (Wildman–Crippen LogP) is 2.15. The number of hydrogen-bond acceptors (Lipinski definition) is 6. The van der Waals surface area contributed by atoms with E-state index >= 15 is 0 Å². The van der Waals surface area contributed by atoms with Crippen LogP contribution in [0, 0.1) is 22.0 Å². The van der Waals surface area contributed by atoms with Crippen LogP contribution in [0.2, 0.25) is 0 Å². The van der Waals surface area contributed by atoms with Crippen molar-refractivity contribution < 1.29 is 4.92 Å². The van der Waals surface area contributed by atoms with Crippen LogP contribution < -0.4 is 16.2 Å². The molecule has 0 spiro atoms. The van der Waals surface area contributed by atoms with E-state index in [-0.39, 0.29) is 16.7 Å². The van der Waals surface area contributed by atoms with Gasteiger partial charge < -0.3 is 10.3 Å². The molecular formula is C13H21N5O2. The molecule has 3 N–H and O–H groups in total. The van der Waals surface area contributed by atoms with Gasteiger partial charge in [-0.25, -0.2) is 10.8 Å². The van der Waals surface area contributed by atoms with E-state index in [0.29, 0.717) is 23.5 Å². The second-order valence-electron chi connectivity index (χ2n) is 5.65. The number of nitrogens with zero attached hydrogens (tertiary/aromatic N) is 3. The smallest absolute Gasteiger partial charge is 0.311 e. The monoisotopic (exact) mass is 279 g/mol. The molecule has 2 heterocycles. The van der Waals surface area contributed by atoms with E-state index in [4.69, 9.17) is 5.84 Å². The molecule has 1 aromatic rings. The molecule has 20 heavy (non-hydrogen) atoms. The summed E-state index contributed by atoms with van der Waals surface area (Å²) >= 11 is 0. The second-order valence-corrected chi connectivity index (χ2v) is 5.65. The van der Waals surface area contributed by atoms with Crippen LogP contribution in [0.1, 0.15) is 27.2 Å². The van der Waals surface area contributed by atoms with Crippen molar-refractivity contribution in [3.63, 3.8) is 0 Å². The van der Waals surface area contributed by atoms with Crippen molar-refractivity contribution in [3.8, 4) is 0 Å². The van der Waals surface area contributed by atoms with Gasteiger partial charge in [-0.15, -0.1) is 0 Å². The predicted molar refractivity (Wildman–Crippen MR) is 78.5 cm³/mol. The zero-order chi connectivity index (χ0) is 14.9. The molecule has 1 saturated heterocycles. The van der Waals surface area contributed by atoms with Gasteiger partial charge in [-0.2, -0.15) is 0 Å². The van der Waals surface area contributed by atoms with Crippen LogP contribution in [0.3, 0.4) is 0 Å². The lowest BCUT2D eigenvalue weighted by atomic mass is 9.86. The molecule has 1 aliphatic rings. The number of nitrogens with two attached hydrogens (primary N) is 1. The number of nitrogens with one attached hydrogen (secondary N) is 1. The topological polar surface area (TPSA) is 97.3 Å². The van der Waals surface area contributed by atoms with E-state index in [9.17, 15) is 10.1 Å². The number of aromatic nitrogens is 1. The first kappa shape index (κ1) is 14.5. The van der Waals surface area contributed by atoms with Gasteiger partial charge in [0.05, 0.1) is 4.92 Å². The lowest BCUT2D eigenvalue weighted by Crippen LogP contribution is -2.46. The van der Waals surface area contributed by atoms with E-state index < -0.39 is 0 Å². The Kier molecular flexibility index (Phi) is 4.08. The van der Waals surface area contributed by atoms with Gasteiger partial charge in [0.2, 0.25) is 5.82 Å². The molecule has 3 atom stereocenters. The average Bonchev–Trinajstić information content (AvgIpc) is 2.42. The molecule has 0 radical (unpaired) electrons. The van der Waals surface area contributed by atoms with Crippen molar-refractivity contribution >= 4 is 17.3 Å². The summed E-state index contributed by atoms with van der Waals surface area (Å²) in [6.07, 6.45) is 1.13. The number of pyridine rings is 1. The summed E-state index contributed by atoms with van der Waals surface area (Å²) in [4.78, 5) is 17.2. The van der Waals surface area contributed by atoms with E-state index in [1.54, 1.807) is 0 Å². The Morgan fingerprint density at radius 1 is 1.45 bits per heavy atom. The van der Waals surface area contributed by atoms with Gasteiger partial charge in [0.1, 0.15) is 5.82 Å². The van der Waals surface area contributed by atoms with Crippen molar-refractivity contribution in [1.82, 2.24) is 4.98 Å². The van der Waals surface area contributed by atoms with Gasteiger partial charge in [0.15, 0.2) is 0 Å². The zero-order valence-electron chi connectivity index (χ0n) is 12.0. The fraction of sp³-hybridized carbons (Fsp3) is 0.615. The Bertz CT molecular complexity index is 508. The summed E-state index contributed by atoms with van der Waals surface area (Å²) in [6.45, 7) is 7.19. The van der Waals surface area contributed by atoms with Crippen LogP contribution in [0.15, 0.2) is 12.1 Å². The van der Waals surface area contributed by atoms with E-state index in [1.165, 1.54) is 12.1 Å². The van der Waals surface area contributed by atoms with Crippen molar-refractivity contribution in [2.45, 2.75) is 33.2 Å². The van der Waals surface area contributed by atoms with Gasteiger partial charge in [-0.3, -0.25) is 10.1 Å². The SMILES string of the molecule is CC1CC(C)C(C)N(c2nc(NN)ccc2[N+](=O)[O-])C1. The maximum Gasteiger partial charge on any atom is 0.311 e. The highest BCUT2D eigenvalue weighted by Crippen LogP contribution is 2.35. The van der Waals surface area contributed by atoms with Crippen LogP contribution >= 0.6 is 0 Å². The Hall–Kier alpha value is -1.89. The lowest BCUT2D eigenvalue weighted by Gasteiger charge is -2.41.